The number of para-hydroxylation sites is 2. The molecule has 0 radical (unpaired) electrons. The fourth-order valence-corrected chi connectivity index (χ4v) is 4.97. The maximum Gasteiger partial charge on any atom is 0.255 e. The van der Waals surface area contributed by atoms with E-state index in [1.165, 1.54) is 6.33 Å². The number of carbonyl (C=O) groups is 1. The molecule has 0 bridgehead atoms. The van der Waals surface area contributed by atoms with Crippen molar-refractivity contribution >= 4 is 40.7 Å². The van der Waals surface area contributed by atoms with Gasteiger partial charge in [-0.25, -0.2) is 4.68 Å². The van der Waals surface area contributed by atoms with Crippen molar-refractivity contribution in [2.24, 2.45) is 0 Å². The first-order chi connectivity index (χ1) is 19.4. The minimum atomic E-state index is -0.590. The molecule has 1 atom stereocenters. The van der Waals surface area contributed by atoms with Crippen molar-refractivity contribution < 1.29 is 19.0 Å². The number of fused-ring (bicyclic) bond motifs is 1. The van der Waals surface area contributed by atoms with Crippen LogP contribution in [0.2, 0.25) is 10.0 Å². The lowest BCUT2D eigenvalue weighted by Gasteiger charge is -2.29. The van der Waals surface area contributed by atoms with Gasteiger partial charge in [0.25, 0.3) is 5.91 Å². The summed E-state index contributed by atoms with van der Waals surface area (Å²) in [4.78, 5) is 18.1. The summed E-state index contributed by atoms with van der Waals surface area (Å²) in [7, 11) is 1.56. The minimum Gasteiger partial charge on any atom is -0.495 e. The predicted octanol–water partition coefficient (Wildman–Crippen LogP) is 6.50. The van der Waals surface area contributed by atoms with Gasteiger partial charge in [0.2, 0.25) is 5.95 Å². The van der Waals surface area contributed by atoms with Gasteiger partial charge in [-0.05, 0) is 55.8 Å². The number of carbonyl (C=O) groups excluding carboxylic acids is 1. The molecule has 0 saturated carbocycles. The Morgan fingerprint density at radius 2 is 1.88 bits per heavy atom. The number of hydrogen-bond acceptors (Lipinski definition) is 7. The summed E-state index contributed by atoms with van der Waals surface area (Å²) in [6.07, 6.45) is 1.44. The van der Waals surface area contributed by atoms with Crippen LogP contribution in [0.5, 0.6) is 17.2 Å². The first-order valence-electron chi connectivity index (χ1n) is 12.5. The summed E-state index contributed by atoms with van der Waals surface area (Å²) in [5.74, 6) is 1.82. The van der Waals surface area contributed by atoms with Gasteiger partial charge in [-0.1, -0.05) is 47.5 Å². The van der Waals surface area contributed by atoms with Crippen molar-refractivity contribution in [1.82, 2.24) is 14.8 Å². The monoisotopic (exact) mass is 579 g/mol. The molecule has 1 aliphatic rings. The van der Waals surface area contributed by atoms with Crippen molar-refractivity contribution in [3.8, 4) is 17.2 Å². The van der Waals surface area contributed by atoms with Crippen LogP contribution in [0, 0.1) is 0 Å². The topological polar surface area (TPSA) is 99.5 Å². The van der Waals surface area contributed by atoms with Crippen molar-refractivity contribution in [1.29, 1.82) is 0 Å². The summed E-state index contributed by atoms with van der Waals surface area (Å²) < 4.78 is 19.1. The van der Waals surface area contributed by atoms with Crippen molar-refractivity contribution in [2.45, 2.75) is 26.5 Å². The van der Waals surface area contributed by atoms with Gasteiger partial charge in [0.1, 0.15) is 24.7 Å². The van der Waals surface area contributed by atoms with Gasteiger partial charge < -0.3 is 24.8 Å². The molecule has 11 heteroatoms. The number of nitrogens with one attached hydrogen (secondary N) is 2. The molecule has 2 N–H and O–H groups in total. The summed E-state index contributed by atoms with van der Waals surface area (Å²) >= 11 is 12.4. The number of nitrogens with zero attached hydrogens (tertiary/aromatic N) is 3. The molecular formula is C29H27Cl2N5O4. The van der Waals surface area contributed by atoms with E-state index in [0.717, 1.165) is 11.1 Å². The molecule has 40 heavy (non-hydrogen) atoms. The van der Waals surface area contributed by atoms with E-state index in [0.29, 0.717) is 56.8 Å². The lowest BCUT2D eigenvalue weighted by molar-refractivity contribution is -0.113. The van der Waals surface area contributed by atoms with Gasteiger partial charge in [0, 0.05) is 21.3 Å². The number of benzene rings is 3. The summed E-state index contributed by atoms with van der Waals surface area (Å²) in [5, 5.41) is 11.7. The largest absolute Gasteiger partial charge is 0.495 e. The van der Waals surface area contributed by atoms with Gasteiger partial charge in [0.05, 0.1) is 25.0 Å². The SMILES string of the molecule is CCOc1cc([C@@H]2C(C(=O)Nc3ccccc3OC)=C(C)Nc3ncnn32)ccc1OCc1ccc(Cl)cc1Cl. The van der Waals surface area contributed by atoms with E-state index in [2.05, 4.69) is 20.7 Å². The average Bonchev–Trinajstić information content (AvgIpc) is 3.41. The van der Waals surface area contributed by atoms with Crippen LogP contribution in [0.1, 0.15) is 31.0 Å². The number of rotatable bonds is 9. The molecule has 3 aromatic carbocycles. The Kier molecular flexibility index (Phi) is 8.14. The standard InChI is InChI=1S/C29H27Cl2N5O4/c1-4-39-25-13-18(10-12-24(25)40-15-19-9-11-20(30)14-21(19)31)27-26(17(2)34-29-32-16-33-36(27)29)28(37)35-22-7-5-6-8-23(22)38-3/h5-14,16,27H,4,15H2,1-3H3,(H,35,37)(H,32,33,34)/t27-/m1/s1. The second-order valence-electron chi connectivity index (χ2n) is 8.91. The zero-order valence-corrected chi connectivity index (χ0v) is 23.6. The quantitative estimate of drug-likeness (QED) is 0.233. The van der Waals surface area contributed by atoms with E-state index in [-0.39, 0.29) is 12.5 Å². The molecule has 0 aliphatic carbocycles. The first-order valence-corrected chi connectivity index (χ1v) is 13.3. The highest BCUT2D eigenvalue weighted by Gasteiger charge is 2.34. The normalized spacial score (nSPS) is 14.3. The van der Waals surface area contributed by atoms with E-state index in [1.54, 1.807) is 36.1 Å². The van der Waals surface area contributed by atoms with Gasteiger partial charge in [0.15, 0.2) is 11.5 Å². The smallest absolute Gasteiger partial charge is 0.255 e. The predicted molar refractivity (Wildman–Crippen MR) is 155 cm³/mol. The molecule has 0 fully saturated rings. The Morgan fingerprint density at radius 3 is 2.65 bits per heavy atom. The maximum absolute atomic E-state index is 13.8. The molecular weight excluding hydrogens is 553 g/mol. The average molecular weight is 580 g/mol. The first kappa shape index (κ1) is 27.4. The highest BCUT2D eigenvalue weighted by atomic mass is 35.5. The lowest BCUT2D eigenvalue weighted by atomic mass is 9.94. The maximum atomic E-state index is 13.8. The van der Waals surface area contributed by atoms with E-state index < -0.39 is 6.04 Å². The Morgan fingerprint density at radius 1 is 1.05 bits per heavy atom. The zero-order valence-electron chi connectivity index (χ0n) is 22.1. The molecule has 0 saturated heterocycles. The highest BCUT2D eigenvalue weighted by Crippen LogP contribution is 2.39. The minimum absolute atomic E-state index is 0.224. The molecule has 4 aromatic rings. The van der Waals surface area contributed by atoms with Crippen LogP contribution in [0.25, 0.3) is 0 Å². The fraction of sp³-hybridized carbons (Fsp3) is 0.207. The van der Waals surface area contributed by atoms with Gasteiger partial charge in [-0.15, -0.1) is 0 Å². The number of allylic oxidation sites excluding steroid dienone is 1. The number of methoxy groups -OCH3 is 1. The third-order valence-electron chi connectivity index (χ3n) is 6.38. The van der Waals surface area contributed by atoms with Crippen LogP contribution >= 0.6 is 23.2 Å². The molecule has 1 amide bonds. The zero-order chi connectivity index (χ0) is 28.2. The second-order valence-corrected chi connectivity index (χ2v) is 9.76. The summed E-state index contributed by atoms with van der Waals surface area (Å²) in [6, 6.07) is 17.5. The van der Waals surface area contributed by atoms with Crippen LogP contribution in [0.4, 0.5) is 11.6 Å². The van der Waals surface area contributed by atoms with Gasteiger partial charge in [-0.3, -0.25) is 4.79 Å². The molecule has 1 aromatic heterocycles. The Balaban J connectivity index is 1.49. The number of anilines is 2. The Hall–Kier alpha value is -4.21. The van der Waals surface area contributed by atoms with Crippen LogP contribution in [-0.2, 0) is 11.4 Å². The summed E-state index contributed by atoms with van der Waals surface area (Å²) in [6.45, 7) is 4.36. The van der Waals surface area contributed by atoms with E-state index in [4.69, 9.17) is 37.4 Å². The van der Waals surface area contributed by atoms with Crippen molar-refractivity contribution in [3.63, 3.8) is 0 Å². The van der Waals surface area contributed by atoms with Gasteiger partial charge in [-0.2, -0.15) is 10.1 Å². The molecule has 5 rings (SSSR count). The molecule has 0 unspecified atom stereocenters. The molecule has 9 nitrogen and oxygen atoms in total. The molecule has 2 heterocycles. The molecule has 206 valence electrons. The number of aromatic nitrogens is 3. The van der Waals surface area contributed by atoms with Crippen LogP contribution in [0.3, 0.4) is 0 Å². The van der Waals surface area contributed by atoms with Crippen molar-refractivity contribution in [3.05, 3.63) is 99.4 Å². The van der Waals surface area contributed by atoms with E-state index in [9.17, 15) is 4.79 Å². The number of hydrogen-bond donors (Lipinski definition) is 2. The number of amides is 1. The van der Waals surface area contributed by atoms with E-state index in [1.807, 2.05) is 50.2 Å². The third-order valence-corrected chi connectivity index (χ3v) is 6.96. The second kappa shape index (κ2) is 11.9. The molecule has 1 aliphatic heterocycles. The van der Waals surface area contributed by atoms with Crippen LogP contribution in [0.15, 0.2) is 78.3 Å². The molecule has 0 spiro atoms. The van der Waals surface area contributed by atoms with Crippen LogP contribution < -0.4 is 24.8 Å². The lowest BCUT2D eigenvalue weighted by Crippen LogP contribution is -2.31. The Labute approximate surface area is 241 Å². The number of halogens is 2. The third kappa shape index (κ3) is 5.57. The van der Waals surface area contributed by atoms with E-state index >= 15 is 0 Å². The highest BCUT2D eigenvalue weighted by molar-refractivity contribution is 6.35. The van der Waals surface area contributed by atoms with Crippen molar-refractivity contribution in [2.75, 3.05) is 24.4 Å². The Bertz CT molecular complexity index is 1590. The van der Waals surface area contributed by atoms with Crippen LogP contribution in [-0.4, -0.2) is 34.4 Å². The number of ether oxygens (including phenoxy) is 3. The van der Waals surface area contributed by atoms with Gasteiger partial charge >= 0.3 is 0 Å². The summed E-state index contributed by atoms with van der Waals surface area (Å²) in [5.41, 5.74) is 3.22. The fourth-order valence-electron chi connectivity index (χ4n) is 4.51.